The number of halogens is 5. The summed E-state index contributed by atoms with van der Waals surface area (Å²) in [5.41, 5.74) is 1.57. The highest BCUT2D eigenvalue weighted by Gasteiger charge is 2.51. The number of hydrogen-bond acceptors (Lipinski definition) is 11. The van der Waals surface area contributed by atoms with Gasteiger partial charge in [0.1, 0.15) is 16.7 Å². The Labute approximate surface area is 370 Å². The van der Waals surface area contributed by atoms with Gasteiger partial charge in [-0.15, -0.1) is 0 Å². The third-order valence-electron chi connectivity index (χ3n) is 14.1. The van der Waals surface area contributed by atoms with Gasteiger partial charge in [-0.1, -0.05) is 18.5 Å². The standard InChI is InChI=1S/C45H49ClF4N10O4/c1-22-19-60(13-10-25(22)20-59-11-8-23(9-12-59)27-16-35-28(14-31(27)47)37(56-58(35)3)26-6-7-36(61)53-42(26)62)44-51-18-30(46)41(55-44)52-33-15-29-34(17-32(33)48)57(2)43(63)39-38(29)54-40(24-4-5-24)45(49,50)21-64-39/h14-18,22-26,40,54H,4-13,19-21H2,1-3H3,(H,51,52,55)(H,53,61,62)/t22-,25?,26?,40?/m0/s1. The largest absolute Gasteiger partial charge is 0.480 e. The number of benzene rings is 2. The quantitative estimate of drug-likeness (QED) is 0.109. The molecule has 3 unspecified atom stereocenters. The van der Waals surface area contributed by atoms with Crippen LogP contribution in [0.15, 0.2) is 35.3 Å². The number of pyridine rings is 1. The van der Waals surface area contributed by atoms with E-state index in [-0.39, 0.29) is 69.4 Å². The monoisotopic (exact) mass is 904 g/mol. The van der Waals surface area contributed by atoms with Crippen LogP contribution in [0.4, 0.5) is 40.7 Å². The number of imide groups is 1. The van der Waals surface area contributed by atoms with Gasteiger partial charge in [-0.2, -0.15) is 10.1 Å². The highest BCUT2D eigenvalue weighted by atomic mass is 35.5. The molecule has 3 N–H and O–H groups in total. The van der Waals surface area contributed by atoms with Crippen molar-refractivity contribution in [2.45, 2.75) is 75.7 Å². The highest BCUT2D eigenvalue weighted by Crippen LogP contribution is 2.46. The molecule has 19 heteroatoms. The van der Waals surface area contributed by atoms with E-state index >= 15 is 17.6 Å². The average Bonchev–Trinajstić information content (AvgIpc) is 4.07. The lowest BCUT2D eigenvalue weighted by atomic mass is 9.84. The number of rotatable bonds is 8. The summed E-state index contributed by atoms with van der Waals surface area (Å²) in [5, 5.41) is 14.0. The average molecular weight is 905 g/mol. The molecule has 3 aromatic heterocycles. The molecule has 64 heavy (non-hydrogen) atoms. The van der Waals surface area contributed by atoms with E-state index in [1.54, 1.807) is 11.7 Å². The number of amides is 2. The first-order valence-electron chi connectivity index (χ1n) is 22.0. The SMILES string of the molecule is C[C@H]1CN(c2ncc(Cl)c(Nc3cc4c5c(c(=O)n(C)c4cc3F)OCC(F)(F)C(C3CC3)N5)n2)CCC1CN1CCC(c2cc3c(cc2F)c(C2CCC(=O)NC2=O)nn3C)CC1. The van der Waals surface area contributed by atoms with Gasteiger partial charge in [0.15, 0.2) is 12.4 Å². The van der Waals surface area contributed by atoms with Gasteiger partial charge in [0.05, 0.1) is 46.3 Å². The van der Waals surface area contributed by atoms with E-state index in [4.69, 9.17) is 21.3 Å². The van der Waals surface area contributed by atoms with Crippen LogP contribution in [0.2, 0.25) is 5.02 Å². The number of nitrogens with one attached hydrogen (secondary N) is 3. The number of carbonyl (C=O) groups is 2. The maximum absolute atomic E-state index is 15.8. The number of alkyl halides is 2. The molecule has 1 aliphatic carbocycles. The predicted octanol–water partition coefficient (Wildman–Crippen LogP) is 6.97. The Morgan fingerprint density at radius 3 is 2.47 bits per heavy atom. The normalized spacial score (nSPS) is 24.3. The third-order valence-corrected chi connectivity index (χ3v) is 14.4. The van der Waals surface area contributed by atoms with Gasteiger partial charge in [0, 0.05) is 57.0 Å². The van der Waals surface area contributed by atoms with Crippen molar-refractivity contribution >= 4 is 68.4 Å². The number of ether oxygens (including phenoxy) is 1. The molecular formula is C45H49ClF4N10O4. The topological polar surface area (TPSA) is 152 Å². The summed E-state index contributed by atoms with van der Waals surface area (Å²) < 4.78 is 70.4. The molecule has 2 amide bonds. The molecule has 0 spiro atoms. The lowest BCUT2D eigenvalue weighted by molar-refractivity contribution is -0.134. The fraction of sp³-hybridized carbons (Fsp3) is 0.511. The van der Waals surface area contributed by atoms with Gasteiger partial charge in [-0.25, -0.2) is 22.5 Å². The number of fused-ring (bicyclic) bond motifs is 4. The van der Waals surface area contributed by atoms with Crippen LogP contribution < -0.4 is 31.1 Å². The summed E-state index contributed by atoms with van der Waals surface area (Å²) in [4.78, 5) is 51.4. The van der Waals surface area contributed by atoms with E-state index in [0.29, 0.717) is 66.2 Å². The second-order valence-electron chi connectivity index (χ2n) is 18.4. The zero-order chi connectivity index (χ0) is 44.8. The molecular weight excluding hydrogens is 856 g/mol. The number of aryl methyl sites for hydroxylation is 2. The molecule has 4 aliphatic heterocycles. The van der Waals surface area contributed by atoms with Gasteiger partial charge >= 0.3 is 5.92 Å². The van der Waals surface area contributed by atoms with Crippen LogP contribution in [0, 0.1) is 29.4 Å². The Balaban J connectivity index is 0.794. The number of likely N-dealkylation sites (tertiary alicyclic amines) is 1. The molecule has 5 aliphatic rings. The van der Waals surface area contributed by atoms with Crippen LogP contribution in [0.1, 0.15) is 75.0 Å². The lowest BCUT2D eigenvalue weighted by Gasteiger charge is -2.41. The van der Waals surface area contributed by atoms with Crippen molar-refractivity contribution in [1.82, 2.24) is 34.5 Å². The summed E-state index contributed by atoms with van der Waals surface area (Å²) in [6.07, 6.45) is 5.79. The summed E-state index contributed by atoms with van der Waals surface area (Å²) in [6, 6.07) is 4.79. The second kappa shape index (κ2) is 16.2. The van der Waals surface area contributed by atoms with Crippen LogP contribution >= 0.6 is 11.6 Å². The van der Waals surface area contributed by atoms with Crippen LogP contribution in [-0.4, -0.2) is 92.3 Å². The molecule has 0 radical (unpaired) electrons. The second-order valence-corrected chi connectivity index (χ2v) is 18.8. The molecule has 0 bridgehead atoms. The van der Waals surface area contributed by atoms with Crippen molar-refractivity contribution in [2.75, 3.05) is 54.9 Å². The number of carbonyl (C=O) groups excluding carboxylic acids is 2. The molecule has 14 nitrogen and oxygen atoms in total. The van der Waals surface area contributed by atoms with Gasteiger partial charge < -0.3 is 29.7 Å². The minimum atomic E-state index is -3.22. The Morgan fingerprint density at radius 2 is 1.73 bits per heavy atom. The zero-order valence-corrected chi connectivity index (χ0v) is 36.5. The number of piperidine rings is 3. The van der Waals surface area contributed by atoms with E-state index in [0.717, 1.165) is 44.4 Å². The summed E-state index contributed by atoms with van der Waals surface area (Å²) in [6.45, 7) is 5.21. The fourth-order valence-electron chi connectivity index (χ4n) is 10.3. The summed E-state index contributed by atoms with van der Waals surface area (Å²) in [7, 11) is 3.24. The van der Waals surface area contributed by atoms with Crippen molar-refractivity contribution in [3.63, 3.8) is 0 Å². The third kappa shape index (κ3) is 7.69. The molecule has 2 aromatic carbocycles. The summed E-state index contributed by atoms with van der Waals surface area (Å²) in [5.74, 6) is -4.70. The molecule has 7 heterocycles. The fourth-order valence-corrected chi connectivity index (χ4v) is 10.4. The molecule has 10 rings (SSSR count). The Hall–Kier alpha value is -5.49. The first kappa shape index (κ1) is 42.5. The van der Waals surface area contributed by atoms with Gasteiger partial charge in [-0.3, -0.25) is 24.4 Å². The molecule has 1 saturated carbocycles. The van der Waals surface area contributed by atoms with Crippen molar-refractivity contribution < 1.29 is 31.9 Å². The Bertz CT molecular complexity index is 2770. The number of anilines is 4. The molecule has 4 fully saturated rings. The van der Waals surface area contributed by atoms with Gasteiger partial charge in [-0.05, 0) is 99.0 Å². The molecule has 4 atom stereocenters. The maximum atomic E-state index is 15.8. The van der Waals surface area contributed by atoms with E-state index in [2.05, 4.69) is 42.8 Å². The van der Waals surface area contributed by atoms with Crippen LogP contribution in [0.5, 0.6) is 5.75 Å². The van der Waals surface area contributed by atoms with Crippen molar-refractivity contribution in [3.8, 4) is 5.75 Å². The maximum Gasteiger partial charge on any atom is 0.301 e. The lowest BCUT2D eigenvalue weighted by Crippen LogP contribution is -2.45. The zero-order valence-electron chi connectivity index (χ0n) is 35.7. The number of nitrogens with zero attached hydrogens (tertiary/aromatic N) is 7. The number of aromatic nitrogens is 5. The highest BCUT2D eigenvalue weighted by molar-refractivity contribution is 6.33. The molecule has 3 saturated heterocycles. The summed E-state index contributed by atoms with van der Waals surface area (Å²) >= 11 is 6.58. The minimum absolute atomic E-state index is 0.0179. The van der Waals surface area contributed by atoms with E-state index in [9.17, 15) is 14.4 Å². The van der Waals surface area contributed by atoms with E-state index in [1.165, 1.54) is 36.0 Å². The first-order valence-corrected chi connectivity index (χ1v) is 22.4. The van der Waals surface area contributed by atoms with Gasteiger partial charge in [0.2, 0.25) is 23.5 Å². The molecule has 5 aromatic rings. The number of hydrogen-bond donors (Lipinski definition) is 3. The Morgan fingerprint density at radius 1 is 0.953 bits per heavy atom. The smallest absolute Gasteiger partial charge is 0.301 e. The predicted molar refractivity (Wildman–Crippen MR) is 234 cm³/mol. The van der Waals surface area contributed by atoms with Gasteiger partial charge in [0.25, 0.3) is 5.56 Å². The van der Waals surface area contributed by atoms with Crippen LogP contribution in [-0.2, 0) is 23.7 Å². The van der Waals surface area contributed by atoms with Crippen LogP contribution in [0.25, 0.3) is 21.8 Å². The van der Waals surface area contributed by atoms with Crippen molar-refractivity contribution in [2.24, 2.45) is 31.8 Å². The first-order chi connectivity index (χ1) is 30.6. The molecule has 338 valence electrons. The van der Waals surface area contributed by atoms with E-state index in [1.807, 2.05) is 6.07 Å². The van der Waals surface area contributed by atoms with Crippen molar-refractivity contribution in [1.29, 1.82) is 0 Å². The minimum Gasteiger partial charge on any atom is -0.480 e. The van der Waals surface area contributed by atoms with Crippen LogP contribution in [0.3, 0.4) is 0 Å². The van der Waals surface area contributed by atoms with E-state index < -0.39 is 41.8 Å². The van der Waals surface area contributed by atoms with Crippen molar-refractivity contribution in [3.05, 3.63) is 68.7 Å². The Kier molecular flexibility index (Phi) is 10.7.